The zero-order valence-corrected chi connectivity index (χ0v) is 16.4. The van der Waals surface area contributed by atoms with E-state index in [1.54, 1.807) is 13.8 Å². The van der Waals surface area contributed by atoms with Gasteiger partial charge in [-0.15, -0.1) is 0 Å². The predicted octanol–water partition coefficient (Wildman–Crippen LogP) is 3.37. The van der Waals surface area contributed by atoms with E-state index < -0.39 is 30.5 Å². The fourth-order valence-electron chi connectivity index (χ4n) is 3.08. The largest absolute Gasteiger partial charge is 0.514 e. The molecule has 1 fully saturated rings. The second-order valence-electron chi connectivity index (χ2n) is 6.89. The third-order valence-electron chi connectivity index (χ3n) is 5.01. The van der Waals surface area contributed by atoms with Gasteiger partial charge in [0.05, 0.1) is 11.5 Å². The van der Waals surface area contributed by atoms with Crippen LogP contribution in [0.2, 0.25) is 0 Å². The maximum absolute atomic E-state index is 12.5. The number of carboxylic acids is 1. The first-order valence-corrected chi connectivity index (χ1v) is 9.26. The summed E-state index contributed by atoms with van der Waals surface area (Å²) < 4.78 is 15.3. The zero-order valence-electron chi connectivity index (χ0n) is 16.4. The van der Waals surface area contributed by atoms with Crippen molar-refractivity contribution < 1.29 is 38.5 Å². The molecule has 1 saturated carbocycles. The van der Waals surface area contributed by atoms with E-state index in [-0.39, 0.29) is 17.8 Å². The third-order valence-corrected chi connectivity index (χ3v) is 5.01. The molecule has 1 aliphatic rings. The number of ketones is 1. The van der Waals surface area contributed by atoms with E-state index in [1.807, 2.05) is 0 Å². The molecule has 0 unspecified atom stereocenters. The molecule has 1 aromatic carbocycles. The van der Waals surface area contributed by atoms with Crippen LogP contribution < -0.4 is 4.74 Å². The minimum atomic E-state index is -1.03. The molecule has 0 heterocycles. The first kappa shape index (κ1) is 22.1. The highest BCUT2D eigenvalue weighted by Gasteiger charge is 2.28. The molecule has 8 heteroatoms. The van der Waals surface area contributed by atoms with Crippen molar-refractivity contribution in [2.45, 2.75) is 45.6 Å². The highest BCUT2D eigenvalue weighted by molar-refractivity contribution is 5.92. The Morgan fingerprint density at radius 3 is 2.34 bits per heavy atom. The normalized spacial score (nSPS) is 18.4. The van der Waals surface area contributed by atoms with Gasteiger partial charge in [0.15, 0.2) is 12.4 Å². The molecule has 0 aromatic heterocycles. The quantitative estimate of drug-likeness (QED) is 0.418. The fourth-order valence-corrected chi connectivity index (χ4v) is 3.08. The van der Waals surface area contributed by atoms with E-state index >= 15 is 0 Å². The molecule has 0 spiro atoms. The molecule has 0 amide bonds. The van der Waals surface area contributed by atoms with Gasteiger partial charge in [0.1, 0.15) is 11.9 Å². The molecule has 0 atom stereocenters. The standard InChI is InChI=1S/C21H24O8/c1-4-15(22)11-27-21(26)29-18-10-9-17(12(2)13(18)3)20(25)28-16-7-5-14(6-8-16)19(23)24/h4,9-10,14,16H,1,5-8,11H2,2-3H3,(H,23,24). The highest BCUT2D eigenvalue weighted by Crippen LogP contribution is 2.29. The number of hydrogen-bond acceptors (Lipinski definition) is 7. The molecular weight excluding hydrogens is 380 g/mol. The van der Waals surface area contributed by atoms with Gasteiger partial charge < -0.3 is 19.3 Å². The topological polar surface area (TPSA) is 116 Å². The van der Waals surface area contributed by atoms with Gasteiger partial charge in [0.2, 0.25) is 0 Å². The molecule has 156 valence electrons. The zero-order chi connectivity index (χ0) is 21.6. The predicted molar refractivity (Wildman–Crippen MR) is 102 cm³/mol. The second-order valence-corrected chi connectivity index (χ2v) is 6.89. The molecule has 1 aromatic rings. The van der Waals surface area contributed by atoms with Crippen LogP contribution in [0, 0.1) is 19.8 Å². The number of carboxylic acid groups (broad SMARTS) is 1. The van der Waals surface area contributed by atoms with E-state index in [0.29, 0.717) is 42.4 Å². The second kappa shape index (κ2) is 9.86. The number of esters is 1. The minimum Gasteiger partial charge on any atom is -0.481 e. The van der Waals surface area contributed by atoms with Gasteiger partial charge in [0.25, 0.3) is 0 Å². The van der Waals surface area contributed by atoms with Crippen molar-refractivity contribution >= 4 is 23.9 Å². The van der Waals surface area contributed by atoms with Gasteiger partial charge in [-0.2, -0.15) is 0 Å². The van der Waals surface area contributed by atoms with Crippen LogP contribution in [0.15, 0.2) is 24.8 Å². The number of aliphatic carboxylic acids is 1. The van der Waals surface area contributed by atoms with Crippen LogP contribution in [-0.4, -0.2) is 41.7 Å². The molecule has 0 saturated heterocycles. The average Bonchev–Trinajstić information content (AvgIpc) is 2.70. The molecule has 0 radical (unpaired) electrons. The molecule has 1 aliphatic carbocycles. The number of ether oxygens (including phenoxy) is 3. The molecule has 1 N–H and O–H groups in total. The summed E-state index contributed by atoms with van der Waals surface area (Å²) in [7, 11) is 0. The SMILES string of the molecule is C=CC(=O)COC(=O)Oc1ccc(C(=O)OC2CCC(C(=O)O)CC2)c(C)c1C. The molecular formula is C21H24O8. The Kier molecular flexibility index (Phi) is 7.52. The van der Waals surface area contributed by atoms with Crippen LogP contribution in [0.3, 0.4) is 0 Å². The summed E-state index contributed by atoms with van der Waals surface area (Å²) in [5, 5.41) is 9.04. The summed E-state index contributed by atoms with van der Waals surface area (Å²) >= 11 is 0. The first-order valence-electron chi connectivity index (χ1n) is 9.26. The van der Waals surface area contributed by atoms with E-state index in [0.717, 1.165) is 6.08 Å². The average molecular weight is 404 g/mol. The van der Waals surface area contributed by atoms with Crippen molar-refractivity contribution in [1.29, 1.82) is 0 Å². The Balaban J connectivity index is 1.98. The smallest absolute Gasteiger partial charge is 0.481 e. The van der Waals surface area contributed by atoms with Crippen molar-refractivity contribution in [3.8, 4) is 5.75 Å². The fraction of sp³-hybridized carbons (Fsp3) is 0.429. The molecule has 8 nitrogen and oxygen atoms in total. The van der Waals surface area contributed by atoms with Crippen LogP contribution in [0.5, 0.6) is 5.75 Å². The van der Waals surface area contributed by atoms with Crippen molar-refractivity contribution in [2.24, 2.45) is 5.92 Å². The Labute approximate surface area is 168 Å². The number of hydrogen-bond donors (Lipinski definition) is 1. The van der Waals surface area contributed by atoms with E-state index in [4.69, 9.17) is 14.6 Å². The lowest BCUT2D eigenvalue weighted by Crippen LogP contribution is -2.28. The maximum Gasteiger partial charge on any atom is 0.514 e. The number of carbonyl (C=O) groups is 4. The molecule has 0 aliphatic heterocycles. The van der Waals surface area contributed by atoms with E-state index in [9.17, 15) is 19.2 Å². The van der Waals surface area contributed by atoms with Crippen LogP contribution in [0.4, 0.5) is 4.79 Å². The van der Waals surface area contributed by atoms with Crippen molar-refractivity contribution in [2.75, 3.05) is 6.61 Å². The summed E-state index contributed by atoms with van der Waals surface area (Å²) in [5.74, 6) is -1.95. The summed E-state index contributed by atoms with van der Waals surface area (Å²) in [6.45, 7) is 6.20. The summed E-state index contributed by atoms with van der Waals surface area (Å²) in [6.07, 6.45) is 1.67. The Morgan fingerprint density at radius 1 is 1.10 bits per heavy atom. The van der Waals surface area contributed by atoms with Crippen LogP contribution in [-0.2, 0) is 19.1 Å². The number of benzene rings is 1. The molecule has 2 rings (SSSR count). The third kappa shape index (κ3) is 5.91. The van der Waals surface area contributed by atoms with Crippen molar-refractivity contribution in [3.05, 3.63) is 41.5 Å². The van der Waals surface area contributed by atoms with Gasteiger partial charge in [-0.3, -0.25) is 9.59 Å². The van der Waals surface area contributed by atoms with Crippen LogP contribution in [0.1, 0.15) is 47.2 Å². The van der Waals surface area contributed by atoms with E-state index in [2.05, 4.69) is 11.3 Å². The van der Waals surface area contributed by atoms with Gasteiger partial charge in [-0.05, 0) is 68.9 Å². The van der Waals surface area contributed by atoms with Gasteiger partial charge in [-0.1, -0.05) is 6.58 Å². The Hall–Kier alpha value is -3.16. The monoisotopic (exact) mass is 404 g/mol. The minimum absolute atomic E-state index is 0.206. The van der Waals surface area contributed by atoms with Crippen molar-refractivity contribution in [3.63, 3.8) is 0 Å². The molecule has 29 heavy (non-hydrogen) atoms. The maximum atomic E-state index is 12.5. The lowest BCUT2D eigenvalue weighted by atomic mass is 9.87. The lowest BCUT2D eigenvalue weighted by molar-refractivity contribution is -0.143. The van der Waals surface area contributed by atoms with Crippen LogP contribution in [0.25, 0.3) is 0 Å². The van der Waals surface area contributed by atoms with Gasteiger partial charge in [-0.25, -0.2) is 9.59 Å². The summed E-state index contributed by atoms with van der Waals surface area (Å²) in [6, 6.07) is 2.95. The number of rotatable bonds is 7. The Bertz CT molecular complexity index is 818. The summed E-state index contributed by atoms with van der Waals surface area (Å²) in [4.78, 5) is 46.3. The lowest BCUT2D eigenvalue weighted by Gasteiger charge is -2.26. The highest BCUT2D eigenvalue weighted by atomic mass is 16.7. The number of carbonyl (C=O) groups excluding carboxylic acids is 3. The Morgan fingerprint density at radius 2 is 1.76 bits per heavy atom. The molecule has 0 bridgehead atoms. The van der Waals surface area contributed by atoms with Gasteiger partial charge >= 0.3 is 18.1 Å². The van der Waals surface area contributed by atoms with Crippen LogP contribution >= 0.6 is 0 Å². The first-order chi connectivity index (χ1) is 13.7. The summed E-state index contributed by atoms with van der Waals surface area (Å²) in [5.41, 5.74) is 1.48. The van der Waals surface area contributed by atoms with E-state index in [1.165, 1.54) is 12.1 Å². The van der Waals surface area contributed by atoms with Gasteiger partial charge in [0, 0.05) is 0 Å². The van der Waals surface area contributed by atoms with Crippen molar-refractivity contribution in [1.82, 2.24) is 0 Å².